The Morgan fingerprint density at radius 1 is 1.00 bits per heavy atom. The molecule has 3 heteroatoms. The highest BCUT2D eigenvalue weighted by atomic mass is 31.1. The molecule has 3 rings (SSSR count). The summed E-state index contributed by atoms with van der Waals surface area (Å²) >= 11 is 0. The lowest BCUT2D eigenvalue weighted by Crippen LogP contribution is -2.18. The minimum absolute atomic E-state index is 0.0596. The van der Waals surface area contributed by atoms with Gasteiger partial charge in [-0.1, -0.05) is 46.0 Å². The van der Waals surface area contributed by atoms with Gasteiger partial charge in [0.2, 0.25) is 0 Å². The van der Waals surface area contributed by atoms with E-state index in [0.717, 1.165) is 24.5 Å². The van der Waals surface area contributed by atoms with Crippen LogP contribution in [0.5, 0.6) is 0 Å². The lowest BCUT2D eigenvalue weighted by Gasteiger charge is -2.25. The summed E-state index contributed by atoms with van der Waals surface area (Å²) in [5.74, 6) is 0. The first-order chi connectivity index (χ1) is 8.77. The van der Waals surface area contributed by atoms with Gasteiger partial charge in [0.25, 0.3) is 0 Å². The van der Waals surface area contributed by atoms with E-state index >= 15 is 0 Å². The lowest BCUT2D eigenvalue weighted by atomic mass is 10.2. The maximum atomic E-state index is 5.70. The van der Waals surface area contributed by atoms with Crippen LogP contribution in [0.15, 0.2) is 24.3 Å². The van der Waals surface area contributed by atoms with Gasteiger partial charge in [-0.2, -0.15) is 0 Å². The van der Waals surface area contributed by atoms with E-state index in [1.54, 1.807) is 0 Å². The van der Waals surface area contributed by atoms with E-state index in [4.69, 9.17) is 9.47 Å². The van der Waals surface area contributed by atoms with Crippen molar-refractivity contribution in [1.82, 2.24) is 0 Å². The fraction of sp³-hybridized carbons (Fsp3) is 0.600. The second-order valence-electron chi connectivity index (χ2n) is 5.31. The lowest BCUT2D eigenvalue weighted by molar-refractivity contribution is -0.0433. The maximum Gasteiger partial charge on any atom is 0.184 e. The average Bonchev–Trinajstić information content (AvgIpc) is 3.00. The van der Waals surface area contributed by atoms with Crippen LogP contribution in [0.1, 0.15) is 38.5 Å². The first-order valence-corrected chi connectivity index (χ1v) is 8.36. The Bertz CT molecular complexity index is 405. The SMILES string of the molecule is C[C@H]1CC[C@H](C)P1c1ccccc1C1OCCO1. The van der Waals surface area contributed by atoms with Gasteiger partial charge < -0.3 is 9.47 Å². The minimum atomic E-state index is -0.122. The summed E-state index contributed by atoms with van der Waals surface area (Å²) in [5, 5.41) is 1.51. The van der Waals surface area contributed by atoms with E-state index in [2.05, 4.69) is 38.1 Å². The van der Waals surface area contributed by atoms with E-state index < -0.39 is 0 Å². The van der Waals surface area contributed by atoms with Crippen molar-refractivity contribution in [2.75, 3.05) is 13.2 Å². The van der Waals surface area contributed by atoms with Gasteiger partial charge in [0.15, 0.2) is 6.29 Å². The third-order valence-corrected chi connectivity index (χ3v) is 7.42. The molecule has 0 spiro atoms. The van der Waals surface area contributed by atoms with E-state index in [0.29, 0.717) is 0 Å². The summed E-state index contributed by atoms with van der Waals surface area (Å²) < 4.78 is 11.4. The number of ether oxygens (including phenoxy) is 2. The molecule has 0 amide bonds. The third kappa shape index (κ3) is 2.22. The Morgan fingerprint density at radius 2 is 1.61 bits per heavy atom. The van der Waals surface area contributed by atoms with Crippen LogP contribution in [-0.2, 0) is 9.47 Å². The molecule has 2 aliphatic heterocycles. The number of hydrogen-bond donors (Lipinski definition) is 0. The predicted molar refractivity (Wildman–Crippen MR) is 75.8 cm³/mol. The molecule has 2 aliphatic rings. The molecule has 0 radical (unpaired) electrons. The second kappa shape index (κ2) is 5.28. The highest BCUT2D eigenvalue weighted by Crippen LogP contribution is 2.55. The topological polar surface area (TPSA) is 18.5 Å². The zero-order valence-corrected chi connectivity index (χ0v) is 12.0. The Balaban J connectivity index is 1.95. The van der Waals surface area contributed by atoms with Crippen LogP contribution in [0.4, 0.5) is 0 Å². The number of hydrogen-bond acceptors (Lipinski definition) is 2. The smallest absolute Gasteiger partial charge is 0.184 e. The first-order valence-electron chi connectivity index (χ1n) is 6.88. The van der Waals surface area contributed by atoms with Crippen LogP contribution in [0.2, 0.25) is 0 Å². The summed E-state index contributed by atoms with van der Waals surface area (Å²) in [5.41, 5.74) is 2.94. The predicted octanol–water partition coefficient (Wildman–Crippen LogP) is 3.41. The van der Waals surface area contributed by atoms with Crippen LogP contribution in [-0.4, -0.2) is 24.5 Å². The number of benzene rings is 1. The van der Waals surface area contributed by atoms with Crippen molar-refractivity contribution in [3.05, 3.63) is 29.8 Å². The molecular weight excluding hydrogens is 243 g/mol. The molecule has 0 N–H and O–H groups in total. The van der Waals surface area contributed by atoms with Gasteiger partial charge in [0.1, 0.15) is 0 Å². The van der Waals surface area contributed by atoms with Gasteiger partial charge in [-0.15, -0.1) is 0 Å². The van der Waals surface area contributed by atoms with Crippen molar-refractivity contribution in [2.45, 2.75) is 44.3 Å². The quantitative estimate of drug-likeness (QED) is 0.762. The van der Waals surface area contributed by atoms with Crippen molar-refractivity contribution in [3.8, 4) is 0 Å². The molecular formula is C15H21O2P. The van der Waals surface area contributed by atoms with Crippen molar-refractivity contribution < 1.29 is 9.47 Å². The zero-order chi connectivity index (χ0) is 12.5. The second-order valence-corrected chi connectivity index (χ2v) is 8.37. The third-order valence-electron chi connectivity index (χ3n) is 4.04. The molecule has 0 aromatic heterocycles. The Labute approximate surface area is 110 Å². The fourth-order valence-electron chi connectivity index (χ4n) is 3.13. The van der Waals surface area contributed by atoms with Crippen molar-refractivity contribution in [2.24, 2.45) is 0 Å². The summed E-state index contributed by atoms with van der Waals surface area (Å²) in [7, 11) is -0.0596. The summed E-state index contributed by atoms with van der Waals surface area (Å²) in [4.78, 5) is 0. The molecule has 2 nitrogen and oxygen atoms in total. The van der Waals surface area contributed by atoms with Gasteiger partial charge >= 0.3 is 0 Å². The Hall–Kier alpha value is -0.430. The molecule has 18 heavy (non-hydrogen) atoms. The zero-order valence-electron chi connectivity index (χ0n) is 11.1. The molecule has 0 aliphatic carbocycles. The first kappa shape index (κ1) is 12.6. The maximum absolute atomic E-state index is 5.70. The molecule has 0 unspecified atom stereocenters. The van der Waals surface area contributed by atoms with Crippen molar-refractivity contribution in [1.29, 1.82) is 0 Å². The van der Waals surface area contributed by atoms with Gasteiger partial charge in [0, 0.05) is 5.56 Å². The van der Waals surface area contributed by atoms with Gasteiger partial charge in [-0.05, 0) is 29.5 Å². The molecule has 2 fully saturated rings. The fourth-order valence-corrected chi connectivity index (χ4v) is 6.54. The molecule has 1 aromatic rings. The van der Waals surface area contributed by atoms with Crippen LogP contribution >= 0.6 is 7.92 Å². The van der Waals surface area contributed by atoms with Gasteiger partial charge in [0.05, 0.1) is 13.2 Å². The van der Waals surface area contributed by atoms with Crippen LogP contribution in [0.3, 0.4) is 0 Å². The summed E-state index contributed by atoms with van der Waals surface area (Å²) in [6.07, 6.45) is 2.62. The number of rotatable bonds is 2. The minimum Gasteiger partial charge on any atom is -0.346 e. The van der Waals surface area contributed by atoms with Gasteiger partial charge in [-0.3, -0.25) is 0 Å². The molecule has 1 aromatic carbocycles. The van der Waals surface area contributed by atoms with E-state index in [-0.39, 0.29) is 14.2 Å². The molecule has 2 saturated heterocycles. The standard InChI is InChI=1S/C15H21O2P/c1-11-7-8-12(2)18(11)14-6-4-3-5-13(14)15-16-9-10-17-15/h3-6,11-12,15H,7-10H2,1-2H3/t11-,12-/m0/s1. The largest absolute Gasteiger partial charge is 0.346 e. The molecule has 2 heterocycles. The van der Waals surface area contributed by atoms with Crippen LogP contribution < -0.4 is 5.30 Å². The normalized spacial score (nSPS) is 30.1. The average molecular weight is 264 g/mol. The molecule has 0 saturated carbocycles. The van der Waals surface area contributed by atoms with Crippen molar-refractivity contribution in [3.63, 3.8) is 0 Å². The van der Waals surface area contributed by atoms with Crippen LogP contribution in [0, 0.1) is 0 Å². The molecule has 98 valence electrons. The highest BCUT2D eigenvalue weighted by Gasteiger charge is 2.34. The molecule has 2 atom stereocenters. The molecule has 0 bridgehead atoms. The monoisotopic (exact) mass is 264 g/mol. The van der Waals surface area contributed by atoms with Crippen molar-refractivity contribution >= 4 is 13.2 Å². The van der Waals surface area contributed by atoms with Gasteiger partial charge in [-0.25, -0.2) is 0 Å². The highest BCUT2D eigenvalue weighted by molar-refractivity contribution is 7.67. The van der Waals surface area contributed by atoms with E-state index in [9.17, 15) is 0 Å². The van der Waals surface area contributed by atoms with E-state index in [1.165, 1.54) is 23.7 Å². The van der Waals surface area contributed by atoms with E-state index in [1.807, 2.05) is 0 Å². The Kier molecular flexibility index (Phi) is 3.70. The summed E-state index contributed by atoms with van der Waals surface area (Å²) in [6.45, 7) is 6.26. The Morgan fingerprint density at radius 3 is 2.28 bits per heavy atom. The summed E-state index contributed by atoms with van der Waals surface area (Å²) in [6, 6.07) is 8.74. The van der Waals surface area contributed by atoms with Crippen LogP contribution in [0.25, 0.3) is 0 Å².